The monoisotopic (exact) mass is 512 g/mol. The van der Waals surface area contributed by atoms with Gasteiger partial charge in [0.05, 0.1) is 13.2 Å². The van der Waals surface area contributed by atoms with Crippen molar-refractivity contribution in [2.75, 3.05) is 0 Å². The summed E-state index contributed by atoms with van der Waals surface area (Å²) in [5.41, 5.74) is 6.46. The lowest BCUT2D eigenvalue weighted by Crippen LogP contribution is -1.87. The molecule has 6 rings (SSSR count). The van der Waals surface area contributed by atoms with Crippen LogP contribution >= 0.6 is 0 Å². The number of aliphatic hydroxyl groups is 2. The predicted molar refractivity (Wildman–Crippen MR) is 161 cm³/mol. The molecule has 0 aromatic heterocycles. The maximum absolute atomic E-state index is 9.37. The Balaban J connectivity index is 0.000000137. The first-order chi connectivity index (χ1) is 19.2. The standard InChI is InChI=1S/2C13H12O.C10H8O/c2*14-10-12-8-4-5-9-13(12)11-6-2-1-3-7-11;11-10-7-3-5-8-4-1-2-6-9(8)10/h2*1-9,14H,10H2;1-7,11H. The fourth-order valence-electron chi connectivity index (χ4n) is 4.32. The van der Waals surface area contributed by atoms with Gasteiger partial charge in [-0.1, -0.05) is 146 Å². The van der Waals surface area contributed by atoms with Gasteiger partial charge in [-0.25, -0.2) is 0 Å². The lowest BCUT2D eigenvalue weighted by Gasteiger charge is -2.06. The fourth-order valence-corrected chi connectivity index (χ4v) is 4.32. The van der Waals surface area contributed by atoms with E-state index < -0.39 is 0 Å². The quantitative estimate of drug-likeness (QED) is 0.223. The van der Waals surface area contributed by atoms with Crippen LogP contribution in [0.25, 0.3) is 33.0 Å². The zero-order chi connectivity index (χ0) is 27.3. The molecule has 0 bridgehead atoms. The number of hydrogen-bond donors (Lipinski definition) is 3. The highest BCUT2D eigenvalue weighted by Gasteiger charge is 2.02. The van der Waals surface area contributed by atoms with Crippen LogP contribution in [0.3, 0.4) is 0 Å². The average molecular weight is 513 g/mol. The lowest BCUT2D eigenvalue weighted by atomic mass is 10.0. The highest BCUT2D eigenvalue weighted by Crippen LogP contribution is 2.24. The molecular formula is C36H32O3. The second kappa shape index (κ2) is 14.3. The summed E-state index contributed by atoms with van der Waals surface area (Å²) in [5.74, 6) is 0.350. The van der Waals surface area contributed by atoms with E-state index in [1.165, 1.54) is 0 Å². The molecule has 3 N–H and O–H groups in total. The van der Waals surface area contributed by atoms with E-state index in [0.717, 1.165) is 44.2 Å². The first-order valence-electron chi connectivity index (χ1n) is 12.9. The zero-order valence-corrected chi connectivity index (χ0v) is 21.7. The van der Waals surface area contributed by atoms with E-state index in [4.69, 9.17) is 0 Å². The molecule has 0 unspecified atom stereocenters. The van der Waals surface area contributed by atoms with Crippen molar-refractivity contribution in [3.05, 3.63) is 163 Å². The van der Waals surface area contributed by atoms with E-state index in [0.29, 0.717) is 5.75 Å². The molecular weight excluding hydrogens is 480 g/mol. The van der Waals surface area contributed by atoms with Crippen molar-refractivity contribution in [1.29, 1.82) is 0 Å². The molecule has 6 aromatic rings. The normalized spacial score (nSPS) is 10.1. The van der Waals surface area contributed by atoms with Crippen molar-refractivity contribution in [2.45, 2.75) is 13.2 Å². The van der Waals surface area contributed by atoms with Gasteiger partial charge in [-0.15, -0.1) is 0 Å². The lowest BCUT2D eigenvalue weighted by molar-refractivity contribution is 0.282. The summed E-state index contributed by atoms with van der Waals surface area (Å²) in [6, 6.07) is 49.3. The van der Waals surface area contributed by atoms with Crippen molar-refractivity contribution in [3.8, 4) is 28.0 Å². The molecule has 194 valence electrons. The van der Waals surface area contributed by atoms with Crippen molar-refractivity contribution in [1.82, 2.24) is 0 Å². The minimum Gasteiger partial charge on any atom is -0.507 e. The third-order valence-corrected chi connectivity index (χ3v) is 6.31. The third kappa shape index (κ3) is 7.42. The predicted octanol–water partition coefficient (Wildman–Crippen LogP) is 8.24. The van der Waals surface area contributed by atoms with Gasteiger partial charge in [0.15, 0.2) is 0 Å². The zero-order valence-electron chi connectivity index (χ0n) is 21.7. The molecule has 0 saturated heterocycles. The number of aromatic hydroxyl groups is 1. The molecule has 3 heteroatoms. The largest absolute Gasteiger partial charge is 0.507 e. The summed E-state index contributed by atoms with van der Waals surface area (Å²) in [6.07, 6.45) is 0. The minimum absolute atomic E-state index is 0.0884. The Bertz CT molecular complexity index is 1490. The van der Waals surface area contributed by atoms with Gasteiger partial charge in [0.2, 0.25) is 0 Å². The molecule has 0 amide bonds. The number of rotatable bonds is 4. The van der Waals surface area contributed by atoms with Crippen LogP contribution in [-0.4, -0.2) is 15.3 Å². The first-order valence-corrected chi connectivity index (χ1v) is 12.9. The van der Waals surface area contributed by atoms with Crippen molar-refractivity contribution in [3.63, 3.8) is 0 Å². The highest BCUT2D eigenvalue weighted by molar-refractivity contribution is 5.87. The Hall–Kier alpha value is -4.70. The van der Waals surface area contributed by atoms with Gasteiger partial charge in [-0.2, -0.15) is 0 Å². The molecule has 0 spiro atoms. The van der Waals surface area contributed by atoms with Gasteiger partial charge in [0, 0.05) is 5.39 Å². The van der Waals surface area contributed by atoms with Gasteiger partial charge in [-0.3, -0.25) is 0 Å². The maximum atomic E-state index is 9.37. The molecule has 0 atom stereocenters. The smallest absolute Gasteiger partial charge is 0.123 e. The Kier molecular flexibility index (Phi) is 10.0. The van der Waals surface area contributed by atoms with Gasteiger partial charge in [-0.05, 0) is 44.8 Å². The van der Waals surface area contributed by atoms with E-state index in [2.05, 4.69) is 24.3 Å². The van der Waals surface area contributed by atoms with Crippen LogP contribution in [0.5, 0.6) is 5.75 Å². The van der Waals surface area contributed by atoms with Crippen molar-refractivity contribution < 1.29 is 15.3 Å². The first kappa shape index (κ1) is 27.3. The number of fused-ring (bicyclic) bond motifs is 1. The highest BCUT2D eigenvalue weighted by atomic mass is 16.3. The number of phenolic OH excluding ortho intramolecular Hbond substituents is 1. The van der Waals surface area contributed by atoms with Gasteiger partial charge in [0.1, 0.15) is 5.75 Å². The van der Waals surface area contributed by atoms with Gasteiger partial charge < -0.3 is 15.3 Å². The van der Waals surface area contributed by atoms with Gasteiger partial charge in [0.25, 0.3) is 0 Å². The molecule has 0 heterocycles. The average Bonchev–Trinajstić information content (AvgIpc) is 3.03. The number of hydrogen-bond acceptors (Lipinski definition) is 3. The molecule has 0 aliphatic heterocycles. The van der Waals surface area contributed by atoms with Crippen molar-refractivity contribution in [2.24, 2.45) is 0 Å². The Morgan fingerprint density at radius 2 is 0.795 bits per heavy atom. The molecule has 0 fully saturated rings. The molecule has 3 nitrogen and oxygen atoms in total. The summed E-state index contributed by atoms with van der Waals surface area (Å²) < 4.78 is 0. The van der Waals surface area contributed by atoms with Crippen LogP contribution in [0.1, 0.15) is 11.1 Å². The molecule has 0 saturated carbocycles. The van der Waals surface area contributed by atoms with E-state index in [9.17, 15) is 15.3 Å². The fraction of sp³-hybridized carbons (Fsp3) is 0.0556. The third-order valence-electron chi connectivity index (χ3n) is 6.31. The van der Waals surface area contributed by atoms with E-state index in [-0.39, 0.29) is 13.2 Å². The Morgan fingerprint density at radius 1 is 0.385 bits per heavy atom. The summed E-state index contributed by atoms with van der Waals surface area (Å²) in [5, 5.41) is 29.7. The van der Waals surface area contributed by atoms with E-state index in [1.54, 1.807) is 6.07 Å². The molecule has 39 heavy (non-hydrogen) atoms. The summed E-state index contributed by atoms with van der Waals surface area (Å²) in [6.45, 7) is 0.177. The van der Waals surface area contributed by atoms with Crippen LogP contribution in [0.2, 0.25) is 0 Å². The molecule has 0 aliphatic carbocycles. The molecule has 0 aliphatic rings. The second-order valence-corrected chi connectivity index (χ2v) is 8.86. The Labute approximate surface area is 229 Å². The van der Waals surface area contributed by atoms with E-state index >= 15 is 0 Å². The van der Waals surface area contributed by atoms with E-state index in [1.807, 2.05) is 121 Å². The Morgan fingerprint density at radius 3 is 1.28 bits per heavy atom. The minimum atomic E-state index is 0.0884. The van der Waals surface area contributed by atoms with Crippen molar-refractivity contribution >= 4 is 10.8 Å². The van der Waals surface area contributed by atoms with Crippen LogP contribution in [-0.2, 0) is 13.2 Å². The van der Waals surface area contributed by atoms with Crippen LogP contribution in [0, 0.1) is 0 Å². The summed E-state index contributed by atoms with van der Waals surface area (Å²) in [7, 11) is 0. The number of aliphatic hydroxyl groups excluding tert-OH is 2. The topological polar surface area (TPSA) is 60.7 Å². The van der Waals surface area contributed by atoms with Crippen LogP contribution < -0.4 is 0 Å². The van der Waals surface area contributed by atoms with Gasteiger partial charge >= 0.3 is 0 Å². The molecule has 6 aromatic carbocycles. The number of benzene rings is 6. The summed E-state index contributed by atoms with van der Waals surface area (Å²) in [4.78, 5) is 0. The second-order valence-electron chi connectivity index (χ2n) is 8.86. The maximum Gasteiger partial charge on any atom is 0.123 e. The van der Waals surface area contributed by atoms with Crippen LogP contribution in [0.15, 0.2) is 152 Å². The molecule has 0 radical (unpaired) electrons. The van der Waals surface area contributed by atoms with Crippen LogP contribution in [0.4, 0.5) is 0 Å². The summed E-state index contributed by atoms with van der Waals surface area (Å²) >= 11 is 0. The SMILES string of the molecule is OCc1ccccc1-c1ccccc1.OCc1ccccc1-c1ccccc1.Oc1cccc2ccccc12. The number of phenols is 1.